The first-order valence-corrected chi connectivity index (χ1v) is 7.87. The van der Waals surface area contributed by atoms with Gasteiger partial charge >= 0.3 is 0 Å². The lowest BCUT2D eigenvalue weighted by Gasteiger charge is -2.12. The highest BCUT2D eigenvalue weighted by atomic mass is 35.5. The van der Waals surface area contributed by atoms with Crippen LogP contribution < -0.4 is 5.32 Å². The van der Waals surface area contributed by atoms with E-state index in [0.29, 0.717) is 30.0 Å². The van der Waals surface area contributed by atoms with Crippen molar-refractivity contribution in [2.75, 3.05) is 6.54 Å². The fraction of sp³-hybridized carbons (Fsp3) is 0.278. The Kier molecular flexibility index (Phi) is 6.56. The molecule has 0 heterocycles. The maximum atomic E-state index is 13.4. The molecular formula is C18H19ClFNO2. The first-order valence-electron chi connectivity index (χ1n) is 7.50. The molecular weight excluding hydrogens is 317 g/mol. The van der Waals surface area contributed by atoms with E-state index in [2.05, 4.69) is 5.32 Å². The molecule has 3 nitrogen and oxygen atoms in total. The minimum absolute atomic E-state index is 0.161. The first kappa shape index (κ1) is 17.4. The van der Waals surface area contributed by atoms with Crippen molar-refractivity contribution in [3.8, 4) is 0 Å². The molecule has 1 unspecified atom stereocenters. The number of benzene rings is 2. The van der Waals surface area contributed by atoms with Crippen molar-refractivity contribution in [2.24, 2.45) is 0 Å². The van der Waals surface area contributed by atoms with Gasteiger partial charge in [0.2, 0.25) is 5.91 Å². The summed E-state index contributed by atoms with van der Waals surface area (Å²) in [5.41, 5.74) is 1.25. The molecule has 1 amide bonds. The molecule has 2 aromatic rings. The van der Waals surface area contributed by atoms with E-state index in [1.807, 2.05) is 0 Å². The normalized spacial score (nSPS) is 12.0. The number of nitrogens with one attached hydrogen (secondary N) is 1. The van der Waals surface area contributed by atoms with Gasteiger partial charge in [-0.2, -0.15) is 0 Å². The van der Waals surface area contributed by atoms with Crippen molar-refractivity contribution >= 4 is 17.5 Å². The quantitative estimate of drug-likeness (QED) is 0.811. The van der Waals surface area contributed by atoms with Crippen LogP contribution in [0.1, 0.15) is 30.1 Å². The SMILES string of the molecule is O=C(CCc1ccccc1F)NCCC(O)c1cccc(Cl)c1. The summed E-state index contributed by atoms with van der Waals surface area (Å²) in [7, 11) is 0. The lowest BCUT2D eigenvalue weighted by atomic mass is 10.1. The summed E-state index contributed by atoms with van der Waals surface area (Å²) in [6, 6.07) is 13.4. The van der Waals surface area contributed by atoms with Crippen molar-refractivity contribution in [2.45, 2.75) is 25.4 Å². The van der Waals surface area contributed by atoms with Gasteiger partial charge in [-0.15, -0.1) is 0 Å². The fourth-order valence-corrected chi connectivity index (χ4v) is 2.47. The highest BCUT2D eigenvalue weighted by Gasteiger charge is 2.09. The van der Waals surface area contributed by atoms with Gasteiger partial charge in [0.15, 0.2) is 0 Å². The summed E-state index contributed by atoms with van der Waals surface area (Å²) in [6.07, 6.45) is 0.288. The molecule has 2 aromatic carbocycles. The van der Waals surface area contributed by atoms with Crippen molar-refractivity contribution in [1.29, 1.82) is 0 Å². The first-order chi connectivity index (χ1) is 11.1. The zero-order valence-corrected chi connectivity index (χ0v) is 13.4. The Morgan fingerprint density at radius 3 is 2.74 bits per heavy atom. The van der Waals surface area contributed by atoms with Crippen LogP contribution in [0.2, 0.25) is 5.02 Å². The van der Waals surface area contributed by atoms with E-state index in [9.17, 15) is 14.3 Å². The van der Waals surface area contributed by atoms with Gasteiger partial charge in [0.05, 0.1) is 6.10 Å². The third kappa shape index (κ3) is 5.66. The van der Waals surface area contributed by atoms with Crippen molar-refractivity contribution in [3.05, 3.63) is 70.5 Å². The molecule has 2 N–H and O–H groups in total. The highest BCUT2D eigenvalue weighted by molar-refractivity contribution is 6.30. The lowest BCUT2D eigenvalue weighted by Crippen LogP contribution is -2.25. The van der Waals surface area contributed by atoms with Crippen LogP contribution in [0.25, 0.3) is 0 Å². The van der Waals surface area contributed by atoms with E-state index < -0.39 is 6.10 Å². The standard InChI is InChI=1S/C18H19ClFNO2/c19-15-6-3-5-14(12-15)17(22)10-11-21-18(23)9-8-13-4-1-2-7-16(13)20/h1-7,12,17,22H,8-11H2,(H,21,23). The minimum atomic E-state index is -0.680. The number of hydrogen-bond donors (Lipinski definition) is 2. The Balaban J connectivity index is 1.71. The average Bonchev–Trinajstić information content (AvgIpc) is 2.54. The molecule has 0 saturated carbocycles. The molecule has 0 aliphatic heterocycles. The largest absolute Gasteiger partial charge is 0.388 e. The van der Waals surface area contributed by atoms with E-state index >= 15 is 0 Å². The number of aliphatic hydroxyl groups excluding tert-OH is 1. The van der Waals surface area contributed by atoms with Crippen molar-refractivity contribution in [3.63, 3.8) is 0 Å². The van der Waals surface area contributed by atoms with E-state index in [-0.39, 0.29) is 18.1 Å². The second kappa shape index (κ2) is 8.65. The summed E-state index contributed by atoms with van der Waals surface area (Å²) < 4.78 is 13.4. The smallest absolute Gasteiger partial charge is 0.220 e. The van der Waals surface area contributed by atoms with Gasteiger partial charge in [-0.1, -0.05) is 41.9 Å². The van der Waals surface area contributed by atoms with Crippen molar-refractivity contribution < 1.29 is 14.3 Å². The number of hydrogen-bond acceptors (Lipinski definition) is 2. The van der Waals surface area contributed by atoms with Crippen LogP contribution in [0.5, 0.6) is 0 Å². The predicted octanol–water partition coefficient (Wildman–Crippen LogP) is 3.65. The number of carbonyl (C=O) groups is 1. The highest BCUT2D eigenvalue weighted by Crippen LogP contribution is 2.19. The summed E-state index contributed by atoms with van der Waals surface area (Å²) in [5, 5.41) is 13.3. The molecule has 122 valence electrons. The minimum Gasteiger partial charge on any atom is -0.388 e. The molecule has 1 atom stereocenters. The molecule has 0 fully saturated rings. The van der Waals surface area contributed by atoms with Crippen LogP contribution in [0.4, 0.5) is 4.39 Å². The lowest BCUT2D eigenvalue weighted by molar-refractivity contribution is -0.121. The van der Waals surface area contributed by atoms with Crippen LogP contribution >= 0.6 is 11.6 Å². The number of aryl methyl sites for hydroxylation is 1. The Morgan fingerprint density at radius 1 is 1.22 bits per heavy atom. The number of amides is 1. The Morgan fingerprint density at radius 2 is 2.00 bits per heavy atom. The summed E-state index contributed by atoms with van der Waals surface area (Å²) in [6.45, 7) is 0.351. The molecule has 23 heavy (non-hydrogen) atoms. The third-order valence-corrected chi connectivity index (χ3v) is 3.79. The van der Waals surface area contributed by atoms with E-state index in [1.165, 1.54) is 6.07 Å². The molecule has 0 aliphatic rings. The Labute approximate surface area is 140 Å². The number of rotatable bonds is 7. The van der Waals surface area contributed by atoms with Gasteiger partial charge in [-0.05, 0) is 42.2 Å². The molecule has 2 rings (SSSR count). The molecule has 0 saturated heterocycles. The molecule has 0 radical (unpaired) electrons. The topological polar surface area (TPSA) is 49.3 Å². The monoisotopic (exact) mass is 335 g/mol. The molecule has 0 bridgehead atoms. The maximum Gasteiger partial charge on any atom is 0.220 e. The predicted molar refractivity (Wildman–Crippen MR) is 88.8 cm³/mol. The van der Waals surface area contributed by atoms with Gasteiger partial charge in [0.1, 0.15) is 5.82 Å². The molecule has 0 aliphatic carbocycles. The van der Waals surface area contributed by atoms with Gasteiger partial charge in [-0.3, -0.25) is 4.79 Å². The summed E-state index contributed by atoms with van der Waals surface area (Å²) >= 11 is 5.87. The second-order valence-electron chi connectivity index (χ2n) is 5.30. The van der Waals surface area contributed by atoms with Crippen LogP contribution in [0, 0.1) is 5.82 Å². The number of carbonyl (C=O) groups excluding carboxylic acids is 1. The average molecular weight is 336 g/mol. The summed E-state index contributed by atoms with van der Waals surface area (Å²) in [4.78, 5) is 11.8. The van der Waals surface area contributed by atoms with E-state index in [1.54, 1.807) is 42.5 Å². The number of halogens is 2. The van der Waals surface area contributed by atoms with Crippen LogP contribution in [-0.4, -0.2) is 17.6 Å². The zero-order valence-electron chi connectivity index (χ0n) is 12.6. The van der Waals surface area contributed by atoms with E-state index in [4.69, 9.17) is 11.6 Å². The van der Waals surface area contributed by atoms with E-state index in [0.717, 1.165) is 5.56 Å². The van der Waals surface area contributed by atoms with Crippen LogP contribution in [0.3, 0.4) is 0 Å². The molecule has 5 heteroatoms. The zero-order chi connectivity index (χ0) is 16.7. The van der Waals surface area contributed by atoms with Crippen LogP contribution in [0.15, 0.2) is 48.5 Å². The van der Waals surface area contributed by atoms with Gasteiger partial charge in [-0.25, -0.2) is 4.39 Å². The Bertz CT molecular complexity index is 663. The summed E-state index contributed by atoms with van der Waals surface area (Å²) in [5.74, 6) is -0.455. The van der Waals surface area contributed by atoms with Gasteiger partial charge < -0.3 is 10.4 Å². The maximum absolute atomic E-state index is 13.4. The van der Waals surface area contributed by atoms with Gasteiger partial charge in [0, 0.05) is 18.0 Å². The number of aliphatic hydroxyl groups is 1. The molecule has 0 aromatic heterocycles. The Hall–Kier alpha value is -1.91. The van der Waals surface area contributed by atoms with Crippen LogP contribution in [-0.2, 0) is 11.2 Å². The fourth-order valence-electron chi connectivity index (χ4n) is 2.27. The molecule has 0 spiro atoms. The van der Waals surface area contributed by atoms with Crippen molar-refractivity contribution in [1.82, 2.24) is 5.32 Å². The second-order valence-corrected chi connectivity index (χ2v) is 5.74. The third-order valence-electron chi connectivity index (χ3n) is 3.55. The van der Waals surface area contributed by atoms with Gasteiger partial charge in [0.25, 0.3) is 0 Å².